The SMILES string of the molecule is CCNC(=NCc1cccc(COCc2ccccc2)c1)NCc1ncc(C)s1. The van der Waals surface area contributed by atoms with Crippen LogP contribution < -0.4 is 10.6 Å². The summed E-state index contributed by atoms with van der Waals surface area (Å²) in [6.07, 6.45) is 1.90. The Morgan fingerprint density at radius 1 is 1.00 bits per heavy atom. The van der Waals surface area contributed by atoms with Gasteiger partial charge < -0.3 is 15.4 Å². The van der Waals surface area contributed by atoms with E-state index in [2.05, 4.69) is 65.9 Å². The minimum absolute atomic E-state index is 0.591. The predicted molar refractivity (Wildman–Crippen MR) is 120 cm³/mol. The minimum Gasteiger partial charge on any atom is -0.372 e. The van der Waals surface area contributed by atoms with Gasteiger partial charge in [0, 0.05) is 17.6 Å². The van der Waals surface area contributed by atoms with Crippen molar-refractivity contribution in [2.75, 3.05) is 6.54 Å². The fourth-order valence-corrected chi connectivity index (χ4v) is 3.56. The van der Waals surface area contributed by atoms with Crippen molar-refractivity contribution in [1.29, 1.82) is 0 Å². The van der Waals surface area contributed by atoms with Gasteiger partial charge in [-0.05, 0) is 30.5 Å². The first-order chi connectivity index (χ1) is 14.2. The molecule has 3 rings (SSSR count). The molecule has 2 aromatic carbocycles. The van der Waals surface area contributed by atoms with E-state index in [4.69, 9.17) is 9.73 Å². The van der Waals surface area contributed by atoms with E-state index in [0.29, 0.717) is 26.3 Å². The van der Waals surface area contributed by atoms with Gasteiger partial charge in [0.15, 0.2) is 5.96 Å². The highest BCUT2D eigenvalue weighted by atomic mass is 32.1. The summed E-state index contributed by atoms with van der Waals surface area (Å²) >= 11 is 1.70. The van der Waals surface area contributed by atoms with Crippen LogP contribution in [0.1, 0.15) is 33.5 Å². The van der Waals surface area contributed by atoms with Gasteiger partial charge in [0.2, 0.25) is 0 Å². The molecule has 0 aliphatic heterocycles. The molecule has 0 aliphatic carbocycles. The number of hydrogen-bond acceptors (Lipinski definition) is 4. The summed E-state index contributed by atoms with van der Waals surface area (Å²) in [5, 5.41) is 7.70. The minimum atomic E-state index is 0.591. The highest BCUT2D eigenvalue weighted by Crippen LogP contribution is 2.11. The Kier molecular flexibility index (Phi) is 8.22. The third-order valence-corrected chi connectivity index (χ3v) is 5.12. The van der Waals surface area contributed by atoms with Crippen LogP contribution in [0.3, 0.4) is 0 Å². The van der Waals surface area contributed by atoms with Crippen molar-refractivity contribution in [3.63, 3.8) is 0 Å². The summed E-state index contributed by atoms with van der Waals surface area (Å²) in [7, 11) is 0. The number of aryl methyl sites for hydroxylation is 1. The molecule has 0 radical (unpaired) electrons. The summed E-state index contributed by atoms with van der Waals surface area (Å²) in [6.45, 7) is 7.45. The van der Waals surface area contributed by atoms with Crippen LogP contribution in [0.15, 0.2) is 65.8 Å². The Morgan fingerprint density at radius 3 is 2.52 bits per heavy atom. The topological polar surface area (TPSA) is 58.5 Å². The first kappa shape index (κ1) is 21.0. The van der Waals surface area contributed by atoms with Gasteiger partial charge in [-0.1, -0.05) is 54.6 Å². The maximum Gasteiger partial charge on any atom is 0.191 e. The van der Waals surface area contributed by atoms with E-state index in [1.54, 1.807) is 11.3 Å². The van der Waals surface area contributed by atoms with Crippen molar-refractivity contribution in [3.8, 4) is 0 Å². The Morgan fingerprint density at radius 2 is 1.76 bits per heavy atom. The molecule has 0 fully saturated rings. The molecule has 6 heteroatoms. The molecule has 3 aromatic rings. The fraction of sp³-hybridized carbons (Fsp3) is 0.304. The molecule has 0 amide bonds. The lowest BCUT2D eigenvalue weighted by Crippen LogP contribution is -2.36. The number of thiazole rings is 1. The third kappa shape index (κ3) is 7.33. The van der Waals surface area contributed by atoms with Crippen LogP contribution in [0.5, 0.6) is 0 Å². The molecular weight excluding hydrogens is 380 g/mol. The Bertz CT molecular complexity index is 908. The quantitative estimate of drug-likeness (QED) is 0.406. The van der Waals surface area contributed by atoms with Gasteiger partial charge in [-0.3, -0.25) is 0 Å². The molecule has 0 saturated carbocycles. The van der Waals surface area contributed by atoms with E-state index in [1.807, 2.05) is 24.4 Å². The first-order valence-electron chi connectivity index (χ1n) is 9.86. The molecule has 0 saturated heterocycles. The molecule has 5 nitrogen and oxygen atoms in total. The number of aromatic nitrogens is 1. The maximum absolute atomic E-state index is 5.85. The largest absolute Gasteiger partial charge is 0.372 e. The van der Waals surface area contributed by atoms with Gasteiger partial charge in [0.05, 0.1) is 26.3 Å². The Labute approximate surface area is 176 Å². The van der Waals surface area contributed by atoms with Crippen molar-refractivity contribution in [2.24, 2.45) is 4.99 Å². The van der Waals surface area contributed by atoms with E-state index in [-0.39, 0.29) is 0 Å². The van der Waals surface area contributed by atoms with Crippen LogP contribution in [0.4, 0.5) is 0 Å². The van der Waals surface area contributed by atoms with Crippen LogP contribution in [-0.4, -0.2) is 17.5 Å². The van der Waals surface area contributed by atoms with Gasteiger partial charge in [0.1, 0.15) is 5.01 Å². The molecule has 0 unspecified atom stereocenters. The molecule has 152 valence electrons. The summed E-state index contributed by atoms with van der Waals surface area (Å²) in [4.78, 5) is 10.3. The Balaban J connectivity index is 1.52. The monoisotopic (exact) mass is 408 g/mol. The molecule has 0 atom stereocenters. The molecular formula is C23H28N4OS. The number of hydrogen-bond donors (Lipinski definition) is 2. The molecule has 0 spiro atoms. The number of guanidine groups is 1. The highest BCUT2D eigenvalue weighted by Gasteiger charge is 2.02. The number of rotatable bonds is 9. The summed E-state index contributed by atoms with van der Waals surface area (Å²) in [5.74, 6) is 0.797. The standard InChI is InChI=1S/C23H28N4OS/c1-3-24-23(27-15-22-25-13-18(2)29-22)26-14-20-10-7-11-21(12-20)17-28-16-19-8-5-4-6-9-19/h4-13H,3,14-17H2,1-2H3,(H2,24,26,27). The molecule has 0 bridgehead atoms. The van der Waals surface area contributed by atoms with Gasteiger partial charge in [0.25, 0.3) is 0 Å². The van der Waals surface area contributed by atoms with E-state index < -0.39 is 0 Å². The number of ether oxygens (including phenoxy) is 1. The zero-order valence-corrected chi connectivity index (χ0v) is 17.8. The zero-order valence-electron chi connectivity index (χ0n) is 17.0. The second-order valence-corrected chi connectivity index (χ2v) is 8.03. The van der Waals surface area contributed by atoms with Crippen LogP contribution in [0.25, 0.3) is 0 Å². The molecule has 29 heavy (non-hydrogen) atoms. The molecule has 2 N–H and O–H groups in total. The normalized spacial score (nSPS) is 11.4. The van der Waals surface area contributed by atoms with Crippen LogP contribution in [0, 0.1) is 6.92 Å². The number of aliphatic imine (C=N–C) groups is 1. The summed E-state index contributed by atoms with van der Waals surface area (Å²) in [5.41, 5.74) is 3.50. The average Bonchev–Trinajstić information content (AvgIpc) is 3.16. The summed E-state index contributed by atoms with van der Waals surface area (Å²) < 4.78 is 5.85. The fourth-order valence-electron chi connectivity index (χ4n) is 2.83. The smallest absolute Gasteiger partial charge is 0.191 e. The lowest BCUT2D eigenvalue weighted by atomic mass is 10.1. The molecule has 1 aromatic heterocycles. The van der Waals surface area contributed by atoms with Crippen LogP contribution in [0.2, 0.25) is 0 Å². The van der Waals surface area contributed by atoms with Gasteiger partial charge in [-0.15, -0.1) is 11.3 Å². The van der Waals surface area contributed by atoms with E-state index in [9.17, 15) is 0 Å². The van der Waals surface area contributed by atoms with E-state index in [0.717, 1.165) is 28.6 Å². The molecule has 1 heterocycles. The average molecular weight is 409 g/mol. The van der Waals surface area contributed by atoms with Crippen molar-refractivity contribution in [2.45, 2.75) is 40.2 Å². The van der Waals surface area contributed by atoms with Crippen molar-refractivity contribution in [3.05, 3.63) is 87.4 Å². The summed E-state index contributed by atoms with van der Waals surface area (Å²) in [6, 6.07) is 18.6. The second kappa shape index (κ2) is 11.3. The van der Waals surface area contributed by atoms with Crippen molar-refractivity contribution >= 4 is 17.3 Å². The maximum atomic E-state index is 5.85. The van der Waals surface area contributed by atoms with Gasteiger partial charge in [-0.2, -0.15) is 0 Å². The van der Waals surface area contributed by atoms with Crippen molar-refractivity contribution < 1.29 is 4.74 Å². The lowest BCUT2D eigenvalue weighted by molar-refractivity contribution is 0.107. The predicted octanol–water partition coefficient (Wildman–Crippen LogP) is 4.42. The van der Waals surface area contributed by atoms with Crippen molar-refractivity contribution in [1.82, 2.24) is 15.6 Å². The van der Waals surface area contributed by atoms with Gasteiger partial charge in [-0.25, -0.2) is 9.98 Å². The van der Waals surface area contributed by atoms with Gasteiger partial charge >= 0.3 is 0 Å². The lowest BCUT2D eigenvalue weighted by Gasteiger charge is -2.10. The zero-order chi connectivity index (χ0) is 20.3. The first-order valence-corrected chi connectivity index (χ1v) is 10.7. The van der Waals surface area contributed by atoms with Crippen LogP contribution in [-0.2, 0) is 31.0 Å². The van der Waals surface area contributed by atoms with Crippen LogP contribution >= 0.6 is 11.3 Å². The number of nitrogens with zero attached hydrogens (tertiary/aromatic N) is 2. The number of nitrogens with one attached hydrogen (secondary N) is 2. The number of benzene rings is 2. The van der Waals surface area contributed by atoms with E-state index >= 15 is 0 Å². The second-order valence-electron chi connectivity index (χ2n) is 6.71. The Hall–Kier alpha value is -2.70. The highest BCUT2D eigenvalue weighted by molar-refractivity contribution is 7.11. The third-order valence-electron chi connectivity index (χ3n) is 4.21. The molecule has 0 aliphatic rings. The van der Waals surface area contributed by atoms with E-state index in [1.165, 1.54) is 10.4 Å².